The first-order chi connectivity index (χ1) is 11.5. The number of hydrogen-bond donors (Lipinski definition) is 0. The number of aryl methyl sites for hydroxylation is 1. The summed E-state index contributed by atoms with van der Waals surface area (Å²) in [6.45, 7) is 4.20. The highest BCUT2D eigenvalue weighted by Crippen LogP contribution is 2.31. The molecule has 3 rings (SSSR count). The van der Waals surface area contributed by atoms with Crippen LogP contribution in [0.4, 0.5) is 5.69 Å². The maximum absolute atomic E-state index is 12.8. The topological polar surface area (TPSA) is 60.8 Å². The van der Waals surface area contributed by atoms with Crippen molar-refractivity contribution in [3.8, 4) is 0 Å². The fraction of sp³-hybridized carbons (Fsp3) is 0.412. The lowest BCUT2D eigenvalue weighted by Gasteiger charge is -2.31. The number of esters is 1. The summed E-state index contributed by atoms with van der Waals surface area (Å²) in [6, 6.07) is 5.30. The van der Waals surface area contributed by atoms with Gasteiger partial charge in [-0.1, -0.05) is 11.6 Å². The highest BCUT2D eigenvalue weighted by atomic mass is 35.5. The molecule has 1 fully saturated rings. The predicted molar refractivity (Wildman–Crippen MR) is 93.2 cm³/mol. The number of benzene rings is 1. The number of hydrogen-bond acceptors (Lipinski definition) is 5. The summed E-state index contributed by atoms with van der Waals surface area (Å²) in [5.74, 6) is -0.610. The third-order valence-corrected chi connectivity index (χ3v) is 4.37. The third-order valence-electron chi connectivity index (χ3n) is 4.14. The molecule has 6 nitrogen and oxygen atoms in total. The number of halogens is 1. The zero-order chi connectivity index (χ0) is 17.3. The normalized spacial score (nSPS) is 14.9. The Morgan fingerprint density at radius 2 is 2.04 bits per heavy atom. The molecule has 7 heteroatoms. The van der Waals surface area contributed by atoms with Crippen LogP contribution in [0.25, 0.3) is 10.9 Å². The summed E-state index contributed by atoms with van der Waals surface area (Å²) in [5, 5.41) is 1.31. The van der Waals surface area contributed by atoms with E-state index < -0.39 is 5.97 Å². The van der Waals surface area contributed by atoms with Gasteiger partial charge in [-0.15, -0.1) is 0 Å². The van der Waals surface area contributed by atoms with Gasteiger partial charge in [-0.2, -0.15) is 0 Å². The van der Waals surface area contributed by atoms with Crippen molar-refractivity contribution in [3.63, 3.8) is 0 Å². The number of fused-ring (bicyclic) bond motifs is 1. The molecule has 1 aliphatic rings. The van der Waals surface area contributed by atoms with Crippen molar-refractivity contribution < 1.29 is 14.3 Å². The number of aromatic nitrogens is 1. The number of carbonyl (C=O) groups excluding carboxylic acids is 1. The molecular weight excluding hydrogens is 332 g/mol. The summed E-state index contributed by atoms with van der Waals surface area (Å²) in [5.41, 5.74) is 0.983. The van der Waals surface area contributed by atoms with Gasteiger partial charge in [0.25, 0.3) is 5.56 Å². The number of morpholine rings is 1. The molecule has 2 heterocycles. The fourth-order valence-corrected chi connectivity index (χ4v) is 3.18. The molecule has 0 unspecified atom stereocenters. The van der Waals surface area contributed by atoms with Crippen LogP contribution in [-0.2, 0) is 16.5 Å². The fourth-order valence-electron chi connectivity index (χ4n) is 3.01. The molecular formula is C17H19ClN2O4. The van der Waals surface area contributed by atoms with E-state index in [0.717, 1.165) is 10.9 Å². The highest BCUT2D eigenvalue weighted by molar-refractivity contribution is 6.31. The number of pyridine rings is 1. The van der Waals surface area contributed by atoms with E-state index >= 15 is 0 Å². The summed E-state index contributed by atoms with van der Waals surface area (Å²) in [4.78, 5) is 27.3. The van der Waals surface area contributed by atoms with Gasteiger partial charge in [-0.05, 0) is 25.1 Å². The van der Waals surface area contributed by atoms with E-state index in [-0.39, 0.29) is 17.7 Å². The molecule has 0 aliphatic carbocycles. The molecule has 0 N–H and O–H groups in total. The predicted octanol–water partition coefficient (Wildman–Crippen LogP) is 2.21. The molecule has 1 aromatic carbocycles. The average molecular weight is 351 g/mol. The zero-order valence-corrected chi connectivity index (χ0v) is 14.4. The van der Waals surface area contributed by atoms with Crippen molar-refractivity contribution >= 4 is 34.2 Å². The molecule has 0 saturated carbocycles. The smallest absolute Gasteiger partial charge is 0.345 e. The molecule has 1 aromatic heterocycles. The van der Waals surface area contributed by atoms with Gasteiger partial charge in [0.2, 0.25) is 0 Å². The van der Waals surface area contributed by atoms with Gasteiger partial charge in [0.05, 0.1) is 31.0 Å². The first-order valence-corrected chi connectivity index (χ1v) is 8.24. The van der Waals surface area contributed by atoms with Crippen LogP contribution in [0.15, 0.2) is 23.0 Å². The van der Waals surface area contributed by atoms with E-state index in [1.54, 1.807) is 32.2 Å². The lowest BCUT2D eigenvalue weighted by Crippen LogP contribution is -2.39. The first-order valence-electron chi connectivity index (χ1n) is 7.86. The van der Waals surface area contributed by atoms with Gasteiger partial charge < -0.3 is 18.9 Å². The molecule has 0 amide bonds. The third kappa shape index (κ3) is 2.87. The Hall–Kier alpha value is -2.05. The maximum Gasteiger partial charge on any atom is 0.345 e. The number of carbonyl (C=O) groups is 1. The van der Waals surface area contributed by atoms with E-state index in [0.29, 0.717) is 37.0 Å². The number of nitrogens with zero attached hydrogens (tertiary/aromatic N) is 2. The van der Waals surface area contributed by atoms with Crippen molar-refractivity contribution in [2.75, 3.05) is 37.8 Å². The summed E-state index contributed by atoms with van der Waals surface area (Å²) in [7, 11) is 1.64. The number of anilines is 1. The lowest BCUT2D eigenvalue weighted by molar-refractivity contribution is 0.0523. The van der Waals surface area contributed by atoms with Crippen LogP contribution in [0.1, 0.15) is 17.3 Å². The van der Waals surface area contributed by atoms with Crippen LogP contribution in [0.3, 0.4) is 0 Å². The molecule has 0 bridgehead atoms. The maximum atomic E-state index is 12.8. The van der Waals surface area contributed by atoms with Gasteiger partial charge in [0.15, 0.2) is 0 Å². The largest absolute Gasteiger partial charge is 0.462 e. The molecule has 2 aromatic rings. The van der Waals surface area contributed by atoms with Crippen molar-refractivity contribution in [2.45, 2.75) is 6.92 Å². The van der Waals surface area contributed by atoms with E-state index in [4.69, 9.17) is 21.1 Å². The molecule has 0 spiro atoms. The minimum atomic E-state index is -0.610. The number of rotatable bonds is 3. The standard InChI is InChI=1S/C17H19ClN2O4/c1-3-24-17(22)14-15(20-6-8-23-9-7-20)12-10-11(18)4-5-13(12)19(2)16(14)21/h4-5,10H,3,6-9H2,1-2H3. The summed E-state index contributed by atoms with van der Waals surface area (Å²) >= 11 is 6.17. The molecule has 128 valence electrons. The van der Waals surface area contributed by atoms with Crippen LogP contribution in [0, 0.1) is 0 Å². The van der Waals surface area contributed by atoms with Gasteiger partial charge in [0.1, 0.15) is 5.56 Å². The molecule has 0 radical (unpaired) electrons. The zero-order valence-electron chi connectivity index (χ0n) is 13.7. The molecule has 0 atom stereocenters. The highest BCUT2D eigenvalue weighted by Gasteiger charge is 2.27. The van der Waals surface area contributed by atoms with Crippen molar-refractivity contribution in [1.29, 1.82) is 0 Å². The summed E-state index contributed by atoms with van der Waals surface area (Å²) in [6.07, 6.45) is 0. The Kier molecular flexibility index (Phi) is 4.78. The Labute approximate surface area is 144 Å². The van der Waals surface area contributed by atoms with Crippen LogP contribution in [0.5, 0.6) is 0 Å². The van der Waals surface area contributed by atoms with Crippen LogP contribution >= 0.6 is 11.6 Å². The second-order valence-corrected chi connectivity index (χ2v) is 6.01. The van der Waals surface area contributed by atoms with E-state index in [1.165, 1.54) is 4.57 Å². The lowest BCUT2D eigenvalue weighted by atomic mass is 10.1. The Bertz CT molecular complexity index is 841. The minimum Gasteiger partial charge on any atom is -0.462 e. The van der Waals surface area contributed by atoms with Gasteiger partial charge in [-0.25, -0.2) is 4.79 Å². The number of ether oxygens (including phenoxy) is 2. The molecule has 24 heavy (non-hydrogen) atoms. The summed E-state index contributed by atoms with van der Waals surface area (Å²) < 4.78 is 12.0. The van der Waals surface area contributed by atoms with Crippen LogP contribution in [-0.4, -0.2) is 43.4 Å². The average Bonchev–Trinajstić information content (AvgIpc) is 2.58. The van der Waals surface area contributed by atoms with E-state index in [1.807, 2.05) is 4.90 Å². The van der Waals surface area contributed by atoms with Crippen molar-refractivity contribution in [3.05, 3.63) is 39.1 Å². The monoisotopic (exact) mass is 350 g/mol. The van der Waals surface area contributed by atoms with E-state index in [9.17, 15) is 9.59 Å². The second-order valence-electron chi connectivity index (χ2n) is 5.57. The molecule has 1 saturated heterocycles. The van der Waals surface area contributed by atoms with Gasteiger partial charge >= 0.3 is 5.97 Å². The Balaban J connectivity index is 2.35. The molecule has 1 aliphatic heterocycles. The van der Waals surface area contributed by atoms with Crippen LogP contribution < -0.4 is 10.5 Å². The van der Waals surface area contributed by atoms with Crippen molar-refractivity contribution in [1.82, 2.24) is 4.57 Å². The Morgan fingerprint density at radius 1 is 1.33 bits per heavy atom. The Morgan fingerprint density at radius 3 is 2.71 bits per heavy atom. The SMILES string of the molecule is CCOC(=O)c1c(N2CCOCC2)c2cc(Cl)ccc2n(C)c1=O. The van der Waals surface area contributed by atoms with Crippen LogP contribution in [0.2, 0.25) is 5.02 Å². The van der Waals surface area contributed by atoms with Gasteiger partial charge in [0, 0.05) is 30.5 Å². The first kappa shape index (κ1) is 16.8. The van der Waals surface area contributed by atoms with Gasteiger partial charge in [-0.3, -0.25) is 4.79 Å². The van der Waals surface area contributed by atoms with Crippen molar-refractivity contribution in [2.24, 2.45) is 7.05 Å². The minimum absolute atomic E-state index is 0.0519. The second kappa shape index (κ2) is 6.83. The van der Waals surface area contributed by atoms with E-state index in [2.05, 4.69) is 0 Å². The quantitative estimate of drug-likeness (QED) is 0.794.